The van der Waals surface area contributed by atoms with Gasteiger partial charge in [0.2, 0.25) is 5.95 Å². The number of aromatic nitrogens is 2. The van der Waals surface area contributed by atoms with Crippen molar-refractivity contribution in [3.05, 3.63) is 21.6 Å². The number of H-pyrrole nitrogens is 1. The van der Waals surface area contributed by atoms with Crippen LogP contribution < -0.4 is 10.9 Å². The minimum atomic E-state index is -0.296. The van der Waals surface area contributed by atoms with Crippen LogP contribution in [0.15, 0.2) is 11.0 Å². The van der Waals surface area contributed by atoms with E-state index < -0.39 is 0 Å². The molecule has 1 aliphatic carbocycles. The quantitative estimate of drug-likeness (QED) is 0.723. The second-order valence-electron chi connectivity index (χ2n) is 2.83. The van der Waals surface area contributed by atoms with Gasteiger partial charge in [-0.1, -0.05) is 11.6 Å². The normalized spacial score (nSPS) is 16.1. The summed E-state index contributed by atoms with van der Waals surface area (Å²) in [7, 11) is 0. The predicted molar refractivity (Wildman–Crippen MR) is 46.5 cm³/mol. The highest BCUT2D eigenvalue weighted by Crippen LogP contribution is 2.22. The van der Waals surface area contributed by atoms with Gasteiger partial charge in [-0.25, -0.2) is 4.98 Å². The van der Waals surface area contributed by atoms with E-state index in [9.17, 15) is 4.79 Å². The summed E-state index contributed by atoms with van der Waals surface area (Å²) in [4.78, 5) is 17.4. The number of nitrogens with zero attached hydrogens (tertiary/aromatic N) is 1. The number of rotatable bonds is 2. The highest BCUT2D eigenvalue weighted by atomic mass is 35.5. The molecule has 0 radical (unpaired) electrons. The van der Waals surface area contributed by atoms with E-state index in [4.69, 9.17) is 11.6 Å². The monoisotopic (exact) mass is 185 g/mol. The van der Waals surface area contributed by atoms with Crippen LogP contribution in [0.3, 0.4) is 0 Å². The standard InChI is InChI=1S/C7H8ClN3O/c8-5-3-9-7(11-6(5)12)10-4-1-2-4/h3-4H,1-2H2,(H2,9,10,11,12). The first-order chi connectivity index (χ1) is 5.75. The van der Waals surface area contributed by atoms with Gasteiger partial charge in [0.05, 0.1) is 6.20 Å². The lowest BCUT2D eigenvalue weighted by molar-refractivity contribution is 1.03. The van der Waals surface area contributed by atoms with Crippen molar-refractivity contribution in [3.63, 3.8) is 0 Å². The summed E-state index contributed by atoms with van der Waals surface area (Å²) in [6.45, 7) is 0. The van der Waals surface area contributed by atoms with Crippen molar-refractivity contribution in [3.8, 4) is 0 Å². The predicted octanol–water partition coefficient (Wildman–Crippen LogP) is 0.998. The lowest BCUT2D eigenvalue weighted by Gasteiger charge is -2.00. The van der Waals surface area contributed by atoms with Gasteiger partial charge < -0.3 is 5.32 Å². The van der Waals surface area contributed by atoms with Crippen LogP contribution in [0.2, 0.25) is 5.02 Å². The molecule has 1 aromatic rings. The molecule has 5 heteroatoms. The van der Waals surface area contributed by atoms with E-state index in [1.165, 1.54) is 6.20 Å². The number of hydrogen-bond acceptors (Lipinski definition) is 3. The van der Waals surface area contributed by atoms with Gasteiger partial charge in [-0.3, -0.25) is 9.78 Å². The molecule has 0 spiro atoms. The largest absolute Gasteiger partial charge is 0.353 e. The summed E-state index contributed by atoms with van der Waals surface area (Å²) in [6, 6.07) is 0.481. The number of nitrogens with one attached hydrogen (secondary N) is 2. The molecule has 1 saturated carbocycles. The topological polar surface area (TPSA) is 57.8 Å². The second-order valence-corrected chi connectivity index (χ2v) is 3.23. The van der Waals surface area contributed by atoms with Crippen LogP contribution in [-0.4, -0.2) is 16.0 Å². The molecule has 2 rings (SSSR count). The van der Waals surface area contributed by atoms with E-state index in [0.717, 1.165) is 12.8 Å². The van der Waals surface area contributed by atoms with Crippen LogP contribution in [0.1, 0.15) is 12.8 Å². The molecule has 0 saturated heterocycles. The highest BCUT2D eigenvalue weighted by Gasteiger charge is 2.21. The van der Waals surface area contributed by atoms with E-state index >= 15 is 0 Å². The number of halogens is 1. The van der Waals surface area contributed by atoms with Crippen molar-refractivity contribution in [2.75, 3.05) is 5.32 Å². The minimum absolute atomic E-state index is 0.122. The summed E-state index contributed by atoms with van der Waals surface area (Å²) in [5.74, 6) is 0.506. The third-order valence-electron chi connectivity index (χ3n) is 1.67. The van der Waals surface area contributed by atoms with Crippen LogP contribution >= 0.6 is 11.6 Å². The molecule has 2 N–H and O–H groups in total. The zero-order valence-electron chi connectivity index (χ0n) is 6.30. The van der Waals surface area contributed by atoms with Crippen LogP contribution in [0, 0.1) is 0 Å². The van der Waals surface area contributed by atoms with Gasteiger partial charge in [0.1, 0.15) is 5.02 Å². The molecule has 0 atom stereocenters. The first-order valence-electron chi connectivity index (χ1n) is 3.77. The van der Waals surface area contributed by atoms with Crippen LogP contribution in [-0.2, 0) is 0 Å². The van der Waals surface area contributed by atoms with Crippen molar-refractivity contribution in [2.45, 2.75) is 18.9 Å². The lowest BCUT2D eigenvalue weighted by Crippen LogP contribution is -2.13. The average Bonchev–Trinajstić information content (AvgIpc) is 2.81. The smallest absolute Gasteiger partial charge is 0.271 e. The van der Waals surface area contributed by atoms with Gasteiger partial charge in [-0.05, 0) is 12.8 Å². The Bertz CT molecular complexity index is 345. The van der Waals surface area contributed by atoms with E-state index in [1.807, 2.05) is 0 Å². The van der Waals surface area contributed by atoms with Crippen molar-refractivity contribution in [2.24, 2.45) is 0 Å². The van der Waals surface area contributed by atoms with Gasteiger partial charge in [-0.2, -0.15) is 0 Å². The molecule has 0 bridgehead atoms. The van der Waals surface area contributed by atoms with Crippen molar-refractivity contribution < 1.29 is 0 Å². The Hall–Kier alpha value is -1.03. The minimum Gasteiger partial charge on any atom is -0.353 e. The van der Waals surface area contributed by atoms with E-state index in [0.29, 0.717) is 12.0 Å². The number of aromatic amines is 1. The molecule has 1 aromatic heterocycles. The molecule has 64 valence electrons. The molecular formula is C7H8ClN3O. The molecule has 12 heavy (non-hydrogen) atoms. The highest BCUT2D eigenvalue weighted by molar-refractivity contribution is 6.30. The van der Waals surface area contributed by atoms with E-state index in [2.05, 4.69) is 15.3 Å². The Labute approximate surface area is 74.0 Å². The van der Waals surface area contributed by atoms with Gasteiger partial charge in [0.25, 0.3) is 5.56 Å². The first-order valence-corrected chi connectivity index (χ1v) is 4.15. The van der Waals surface area contributed by atoms with Crippen LogP contribution in [0.5, 0.6) is 0 Å². The SMILES string of the molecule is O=c1[nH]c(NC2CC2)ncc1Cl. The molecule has 0 amide bonds. The number of hydrogen-bond donors (Lipinski definition) is 2. The summed E-state index contributed by atoms with van der Waals surface area (Å²) in [5.41, 5.74) is -0.296. The lowest BCUT2D eigenvalue weighted by atomic mass is 10.6. The molecule has 1 heterocycles. The summed E-state index contributed by atoms with van der Waals surface area (Å²) >= 11 is 5.50. The fraction of sp³-hybridized carbons (Fsp3) is 0.429. The van der Waals surface area contributed by atoms with Crippen LogP contribution in [0.4, 0.5) is 5.95 Å². The zero-order chi connectivity index (χ0) is 8.55. The third-order valence-corrected chi connectivity index (χ3v) is 1.94. The van der Waals surface area contributed by atoms with Crippen LogP contribution in [0.25, 0.3) is 0 Å². The Kier molecular flexibility index (Phi) is 1.77. The van der Waals surface area contributed by atoms with Crippen molar-refractivity contribution in [1.29, 1.82) is 0 Å². The zero-order valence-corrected chi connectivity index (χ0v) is 7.06. The first kappa shape index (κ1) is 7.61. The van der Waals surface area contributed by atoms with Crippen molar-refractivity contribution in [1.82, 2.24) is 9.97 Å². The molecule has 1 aliphatic rings. The Morgan fingerprint density at radius 3 is 3.00 bits per heavy atom. The fourth-order valence-corrected chi connectivity index (χ4v) is 0.970. The molecule has 4 nitrogen and oxygen atoms in total. The maximum absolute atomic E-state index is 11.0. The maximum atomic E-state index is 11.0. The Morgan fingerprint density at radius 2 is 2.42 bits per heavy atom. The fourth-order valence-electron chi connectivity index (χ4n) is 0.874. The molecule has 0 unspecified atom stereocenters. The molecule has 1 fully saturated rings. The average molecular weight is 186 g/mol. The van der Waals surface area contributed by atoms with Gasteiger partial charge in [0, 0.05) is 6.04 Å². The van der Waals surface area contributed by atoms with Crippen molar-refractivity contribution >= 4 is 17.5 Å². The summed E-state index contributed by atoms with van der Waals surface area (Å²) in [6.07, 6.45) is 3.64. The van der Waals surface area contributed by atoms with Gasteiger partial charge >= 0.3 is 0 Å². The number of anilines is 1. The summed E-state index contributed by atoms with van der Waals surface area (Å²) in [5, 5.41) is 3.18. The molecule has 0 aliphatic heterocycles. The van der Waals surface area contributed by atoms with Gasteiger partial charge in [-0.15, -0.1) is 0 Å². The molecule has 0 aromatic carbocycles. The van der Waals surface area contributed by atoms with E-state index in [-0.39, 0.29) is 10.6 Å². The Balaban J connectivity index is 2.21. The third kappa shape index (κ3) is 1.58. The van der Waals surface area contributed by atoms with Gasteiger partial charge in [0.15, 0.2) is 0 Å². The van der Waals surface area contributed by atoms with E-state index in [1.54, 1.807) is 0 Å². The summed E-state index contributed by atoms with van der Waals surface area (Å²) < 4.78 is 0. The maximum Gasteiger partial charge on any atom is 0.271 e. The Morgan fingerprint density at radius 1 is 1.67 bits per heavy atom. The second kappa shape index (κ2) is 2.79. The molecular weight excluding hydrogens is 178 g/mol.